The highest BCUT2D eigenvalue weighted by Crippen LogP contribution is 2.17. The number of nitrogens with zero attached hydrogens (tertiary/aromatic N) is 2. The molecule has 0 aliphatic rings. The van der Waals surface area contributed by atoms with Crippen LogP contribution >= 0.6 is 11.3 Å². The number of halogens is 1. The molecule has 0 bridgehead atoms. The summed E-state index contributed by atoms with van der Waals surface area (Å²) in [4.78, 5) is 38.1. The van der Waals surface area contributed by atoms with E-state index in [9.17, 15) is 18.8 Å². The maximum absolute atomic E-state index is 13.2. The monoisotopic (exact) mass is 403 g/mol. The molecule has 0 atom stereocenters. The number of hydrogen-bond donors (Lipinski definition) is 1. The van der Waals surface area contributed by atoms with E-state index in [-0.39, 0.29) is 17.9 Å². The maximum atomic E-state index is 13.2. The van der Waals surface area contributed by atoms with E-state index in [1.165, 1.54) is 38.7 Å². The first kappa shape index (κ1) is 20.0. The molecule has 0 aliphatic heterocycles. The fourth-order valence-corrected chi connectivity index (χ4v) is 3.81. The second kappa shape index (κ2) is 8.10. The highest BCUT2D eigenvalue weighted by molar-refractivity contribution is 7.17. The Hall–Kier alpha value is -2.74. The number of nitrogens with one attached hydrogen (secondary N) is 1. The molecule has 148 valence electrons. The molecule has 0 saturated heterocycles. The van der Waals surface area contributed by atoms with Crippen LogP contribution in [0.4, 0.5) is 10.1 Å². The molecule has 0 fully saturated rings. The van der Waals surface area contributed by atoms with Gasteiger partial charge in [0, 0.05) is 12.2 Å². The van der Waals surface area contributed by atoms with Crippen molar-refractivity contribution in [2.75, 3.05) is 5.32 Å². The molecule has 8 heteroatoms. The number of rotatable bonds is 6. The van der Waals surface area contributed by atoms with Gasteiger partial charge >= 0.3 is 5.69 Å². The molecule has 3 rings (SSSR count). The summed E-state index contributed by atoms with van der Waals surface area (Å²) in [6.45, 7) is 5.80. The smallest absolute Gasteiger partial charge is 0.324 e. The first-order chi connectivity index (χ1) is 13.3. The first-order valence-electron chi connectivity index (χ1n) is 9.04. The van der Waals surface area contributed by atoms with Gasteiger partial charge in [-0.05, 0) is 54.5 Å². The van der Waals surface area contributed by atoms with E-state index in [0.29, 0.717) is 40.4 Å². The van der Waals surface area contributed by atoms with Crippen LogP contribution in [0.5, 0.6) is 0 Å². The summed E-state index contributed by atoms with van der Waals surface area (Å²) >= 11 is 1.25. The lowest BCUT2D eigenvalue weighted by molar-refractivity contribution is -0.116. The van der Waals surface area contributed by atoms with Crippen LogP contribution in [-0.2, 0) is 17.9 Å². The van der Waals surface area contributed by atoms with Gasteiger partial charge in [0.2, 0.25) is 5.91 Å². The minimum Gasteiger partial charge on any atom is -0.324 e. The predicted octanol–water partition coefficient (Wildman–Crippen LogP) is 3.36. The van der Waals surface area contributed by atoms with Gasteiger partial charge in [0.1, 0.15) is 17.1 Å². The minimum atomic E-state index is -0.498. The van der Waals surface area contributed by atoms with E-state index in [2.05, 4.69) is 5.32 Å². The van der Waals surface area contributed by atoms with Crippen molar-refractivity contribution < 1.29 is 9.18 Å². The molecule has 2 heterocycles. The normalized spacial score (nSPS) is 11.3. The van der Waals surface area contributed by atoms with Crippen LogP contribution in [0.15, 0.2) is 39.2 Å². The quantitative estimate of drug-likeness (QED) is 0.686. The second-order valence-electron chi connectivity index (χ2n) is 7.15. The van der Waals surface area contributed by atoms with Crippen LogP contribution in [0.25, 0.3) is 10.2 Å². The average Bonchev–Trinajstić information content (AvgIpc) is 3.10. The lowest BCUT2D eigenvalue weighted by atomic mass is 10.1. The summed E-state index contributed by atoms with van der Waals surface area (Å²) in [6.07, 6.45) is 0.687. The minimum absolute atomic E-state index is 0.231. The molecule has 0 aliphatic carbocycles. The van der Waals surface area contributed by atoms with E-state index in [4.69, 9.17) is 0 Å². The van der Waals surface area contributed by atoms with Crippen molar-refractivity contribution in [2.24, 2.45) is 5.92 Å². The van der Waals surface area contributed by atoms with Crippen molar-refractivity contribution in [3.05, 3.63) is 61.9 Å². The van der Waals surface area contributed by atoms with Crippen molar-refractivity contribution in [3.8, 4) is 0 Å². The number of thiophene rings is 1. The standard InChI is InChI=1S/C20H22FN3O3S/c1-12(2)6-8-23-19(26)18-16(7-9-28-18)24(20(23)27)11-17(25)22-15-5-4-14(21)10-13(15)3/h4-5,7,9-10,12H,6,8,11H2,1-3H3,(H,22,25). The molecule has 0 saturated carbocycles. The van der Waals surface area contributed by atoms with E-state index in [1.54, 1.807) is 18.4 Å². The lowest BCUT2D eigenvalue weighted by Gasteiger charge is -2.14. The van der Waals surface area contributed by atoms with Gasteiger partial charge in [-0.25, -0.2) is 9.18 Å². The summed E-state index contributed by atoms with van der Waals surface area (Å²) in [5.41, 5.74) is 0.702. The fourth-order valence-electron chi connectivity index (χ4n) is 2.97. The van der Waals surface area contributed by atoms with E-state index < -0.39 is 11.6 Å². The summed E-state index contributed by atoms with van der Waals surface area (Å²) in [5, 5.41) is 4.44. The zero-order chi connectivity index (χ0) is 20.4. The Morgan fingerprint density at radius 2 is 1.96 bits per heavy atom. The Kier molecular flexibility index (Phi) is 5.79. The summed E-state index contributed by atoms with van der Waals surface area (Å²) in [7, 11) is 0. The zero-order valence-corrected chi connectivity index (χ0v) is 16.8. The van der Waals surface area contributed by atoms with Crippen molar-refractivity contribution in [2.45, 2.75) is 40.3 Å². The second-order valence-corrected chi connectivity index (χ2v) is 8.07. The van der Waals surface area contributed by atoms with Gasteiger partial charge in [-0.1, -0.05) is 13.8 Å². The number of aryl methyl sites for hydroxylation is 1. The number of amides is 1. The highest BCUT2D eigenvalue weighted by Gasteiger charge is 2.17. The predicted molar refractivity (Wildman–Crippen MR) is 110 cm³/mol. The SMILES string of the molecule is Cc1cc(F)ccc1NC(=O)Cn1c(=O)n(CCC(C)C)c(=O)c2sccc21. The molecule has 0 spiro atoms. The third kappa shape index (κ3) is 4.06. The van der Waals surface area contributed by atoms with Crippen LogP contribution in [-0.4, -0.2) is 15.0 Å². The van der Waals surface area contributed by atoms with Crippen LogP contribution < -0.4 is 16.6 Å². The Morgan fingerprint density at radius 3 is 2.64 bits per heavy atom. The molecular formula is C20H22FN3O3S. The number of hydrogen-bond acceptors (Lipinski definition) is 4. The molecule has 0 unspecified atom stereocenters. The van der Waals surface area contributed by atoms with Crippen molar-refractivity contribution in [1.29, 1.82) is 0 Å². The summed E-state index contributed by atoms with van der Waals surface area (Å²) in [6, 6.07) is 5.74. The largest absolute Gasteiger partial charge is 0.332 e. The van der Waals surface area contributed by atoms with Crippen LogP contribution in [0, 0.1) is 18.7 Å². The van der Waals surface area contributed by atoms with Crippen molar-refractivity contribution in [3.63, 3.8) is 0 Å². The van der Waals surface area contributed by atoms with E-state index >= 15 is 0 Å². The first-order valence-corrected chi connectivity index (χ1v) is 9.92. The van der Waals surface area contributed by atoms with Crippen LogP contribution in [0.2, 0.25) is 0 Å². The number of anilines is 1. The molecule has 1 aromatic carbocycles. The number of aromatic nitrogens is 2. The highest BCUT2D eigenvalue weighted by atomic mass is 32.1. The Bertz CT molecular complexity index is 1140. The molecular weight excluding hydrogens is 381 g/mol. The molecule has 2 aromatic heterocycles. The average molecular weight is 403 g/mol. The van der Waals surface area contributed by atoms with Gasteiger partial charge in [-0.15, -0.1) is 11.3 Å². The summed E-state index contributed by atoms with van der Waals surface area (Å²) < 4.78 is 16.2. The maximum Gasteiger partial charge on any atom is 0.332 e. The number of carbonyl (C=O) groups excluding carboxylic acids is 1. The number of benzene rings is 1. The van der Waals surface area contributed by atoms with Crippen LogP contribution in [0.1, 0.15) is 25.8 Å². The Morgan fingerprint density at radius 1 is 1.21 bits per heavy atom. The third-order valence-corrected chi connectivity index (χ3v) is 5.42. The van der Waals surface area contributed by atoms with Crippen molar-refractivity contribution in [1.82, 2.24) is 9.13 Å². The molecule has 6 nitrogen and oxygen atoms in total. The molecule has 1 N–H and O–H groups in total. The van der Waals surface area contributed by atoms with Gasteiger partial charge < -0.3 is 5.32 Å². The van der Waals surface area contributed by atoms with E-state index in [1.807, 2.05) is 13.8 Å². The lowest BCUT2D eigenvalue weighted by Crippen LogP contribution is -2.41. The van der Waals surface area contributed by atoms with Crippen LogP contribution in [0.3, 0.4) is 0 Å². The van der Waals surface area contributed by atoms with Gasteiger partial charge in [0.15, 0.2) is 0 Å². The molecule has 0 radical (unpaired) electrons. The molecule has 28 heavy (non-hydrogen) atoms. The number of fused-ring (bicyclic) bond motifs is 1. The molecule has 1 amide bonds. The zero-order valence-electron chi connectivity index (χ0n) is 16.0. The Labute approximate surface area is 165 Å². The van der Waals surface area contributed by atoms with Gasteiger partial charge in [-0.2, -0.15) is 0 Å². The topological polar surface area (TPSA) is 73.1 Å². The molecule has 3 aromatic rings. The van der Waals surface area contributed by atoms with Gasteiger partial charge in [0.25, 0.3) is 5.56 Å². The van der Waals surface area contributed by atoms with E-state index in [0.717, 1.165) is 0 Å². The summed E-state index contributed by atoms with van der Waals surface area (Å²) in [5.74, 6) is -0.467. The third-order valence-electron chi connectivity index (χ3n) is 4.53. The number of carbonyl (C=O) groups is 1. The fraction of sp³-hybridized carbons (Fsp3) is 0.350. The Balaban J connectivity index is 1.95. The van der Waals surface area contributed by atoms with Gasteiger partial charge in [0.05, 0.1) is 5.52 Å². The van der Waals surface area contributed by atoms with Gasteiger partial charge in [-0.3, -0.25) is 18.7 Å². The van der Waals surface area contributed by atoms with Crippen molar-refractivity contribution >= 4 is 33.1 Å².